The minimum atomic E-state index is -4.22. The first-order chi connectivity index (χ1) is 8.93. The van der Waals surface area contributed by atoms with E-state index in [4.69, 9.17) is 5.73 Å². The van der Waals surface area contributed by atoms with Gasteiger partial charge in [-0.15, -0.1) is 11.3 Å². The van der Waals surface area contributed by atoms with Crippen LogP contribution in [0, 0.1) is 11.8 Å². The summed E-state index contributed by atoms with van der Waals surface area (Å²) in [4.78, 5) is 2.54. The van der Waals surface area contributed by atoms with Crippen molar-refractivity contribution in [3.05, 3.63) is 21.9 Å². The van der Waals surface area contributed by atoms with Crippen molar-refractivity contribution >= 4 is 11.3 Å². The summed E-state index contributed by atoms with van der Waals surface area (Å²) in [5.41, 5.74) is 6.06. The summed E-state index contributed by atoms with van der Waals surface area (Å²) in [6.45, 7) is 2.54. The van der Waals surface area contributed by atoms with Crippen molar-refractivity contribution in [2.45, 2.75) is 31.6 Å². The summed E-state index contributed by atoms with van der Waals surface area (Å²) in [6, 6.07) is 3.06. The molecule has 1 saturated heterocycles. The second-order valence-corrected chi connectivity index (χ2v) is 6.79. The highest BCUT2D eigenvalue weighted by molar-refractivity contribution is 7.12. The number of likely N-dealkylation sites (tertiary alicyclic amines) is 1. The van der Waals surface area contributed by atoms with Gasteiger partial charge in [0, 0.05) is 30.6 Å². The zero-order valence-electron chi connectivity index (χ0n) is 10.5. The molecule has 0 radical (unpaired) electrons. The van der Waals surface area contributed by atoms with Gasteiger partial charge in [0.2, 0.25) is 0 Å². The van der Waals surface area contributed by atoms with Crippen LogP contribution in [0.25, 0.3) is 0 Å². The summed E-state index contributed by atoms with van der Waals surface area (Å²) >= 11 is 0.858. The first-order valence-electron chi connectivity index (χ1n) is 6.57. The largest absolute Gasteiger partial charge is 0.425 e. The van der Waals surface area contributed by atoms with Crippen molar-refractivity contribution in [2.75, 3.05) is 13.1 Å². The molecular formula is C13H17F3N2S. The van der Waals surface area contributed by atoms with Crippen LogP contribution in [0.4, 0.5) is 13.2 Å². The van der Waals surface area contributed by atoms with Gasteiger partial charge in [-0.1, -0.05) is 0 Å². The highest BCUT2D eigenvalue weighted by atomic mass is 32.1. The van der Waals surface area contributed by atoms with Crippen LogP contribution in [0.3, 0.4) is 0 Å². The van der Waals surface area contributed by atoms with Crippen LogP contribution >= 0.6 is 11.3 Å². The van der Waals surface area contributed by atoms with Crippen LogP contribution in [-0.4, -0.2) is 24.0 Å². The molecule has 2 nitrogen and oxygen atoms in total. The topological polar surface area (TPSA) is 29.3 Å². The number of hydrogen-bond donors (Lipinski definition) is 1. The highest BCUT2D eigenvalue weighted by Crippen LogP contribution is 2.39. The van der Waals surface area contributed by atoms with Gasteiger partial charge < -0.3 is 5.73 Å². The molecule has 1 aromatic rings. The molecule has 2 fully saturated rings. The predicted molar refractivity (Wildman–Crippen MR) is 68.8 cm³/mol. The minimum absolute atomic E-state index is 0.282. The summed E-state index contributed by atoms with van der Waals surface area (Å²) < 4.78 is 37.6. The van der Waals surface area contributed by atoms with E-state index in [1.54, 1.807) is 6.07 Å². The monoisotopic (exact) mass is 290 g/mol. The average molecular weight is 290 g/mol. The van der Waals surface area contributed by atoms with Gasteiger partial charge in [0.15, 0.2) is 0 Å². The zero-order chi connectivity index (χ0) is 13.6. The van der Waals surface area contributed by atoms with Crippen LogP contribution in [-0.2, 0) is 12.7 Å². The molecule has 2 aliphatic rings. The molecule has 3 atom stereocenters. The number of alkyl halides is 3. The van der Waals surface area contributed by atoms with Crippen molar-refractivity contribution < 1.29 is 13.2 Å². The van der Waals surface area contributed by atoms with E-state index in [-0.39, 0.29) is 6.04 Å². The normalized spacial score (nSPS) is 31.9. The lowest BCUT2D eigenvalue weighted by Crippen LogP contribution is -2.30. The first-order valence-corrected chi connectivity index (χ1v) is 7.39. The van der Waals surface area contributed by atoms with Crippen molar-refractivity contribution in [3.8, 4) is 0 Å². The number of fused-ring (bicyclic) bond motifs is 1. The summed E-state index contributed by atoms with van der Waals surface area (Å²) in [5, 5.41) is 0. The van der Waals surface area contributed by atoms with Gasteiger partial charge in [-0.25, -0.2) is 0 Å². The third-order valence-corrected chi connectivity index (χ3v) is 5.42. The Morgan fingerprint density at radius 1 is 1.26 bits per heavy atom. The molecule has 3 unspecified atom stereocenters. The smallest absolute Gasteiger partial charge is 0.327 e. The van der Waals surface area contributed by atoms with E-state index in [2.05, 4.69) is 4.90 Å². The molecule has 2 heterocycles. The van der Waals surface area contributed by atoms with E-state index >= 15 is 0 Å². The number of nitrogens with two attached hydrogens (primary N) is 1. The third-order valence-electron chi connectivity index (χ3n) is 4.31. The van der Waals surface area contributed by atoms with Gasteiger partial charge in [0.1, 0.15) is 4.88 Å². The SMILES string of the molecule is NC1CCC2CN(Cc3ccc(C(F)(F)F)s3)CC12. The zero-order valence-corrected chi connectivity index (χ0v) is 11.3. The number of rotatable bonds is 2. The molecule has 0 bridgehead atoms. The Kier molecular flexibility index (Phi) is 3.35. The second kappa shape index (κ2) is 4.75. The fraction of sp³-hybridized carbons (Fsp3) is 0.692. The van der Waals surface area contributed by atoms with Gasteiger partial charge in [-0.05, 0) is 36.8 Å². The Balaban J connectivity index is 1.62. The summed E-state index contributed by atoms with van der Waals surface area (Å²) in [5.74, 6) is 1.19. The lowest BCUT2D eigenvalue weighted by Gasteiger charge is -2.17. The van der Waals surface area contributed by atoms with E-state index in [9.17, 15) is 13.2 Å². The maximum atomic E-state index is 12.5. The second-order valence-electron chi connectivity index (χ2n) is 5.62. The standard InChI is InChI=1S/C13H17F3N2S/c14-13(15,16)12-4-2-9(19-12)6-18-5-8-1-3-11(17)10(8)7-18/h2,4,8,10-11H,1,3,5-7,17H2. The van der Waals surface area contributed by atoms with Crippen molar-refractivity contribution in [1.29, 1.82) is 0 Å². The predicted octanol–water partition coefficient (Wildman–Crippen LogP) is 2.94. The third kappa shape index (κ3) is 2.66. The Bertz CT molecular complexity index is 457. The molecule has 1 saturated carbocycles. The Morgan fingerprint density at radius 3 is 2.68 bits per heavy atom. The fourth-order valence-electron chi connectivity index (χ4n) is 3.36. The van der Waals surface area contributed by atoms with Gasteiger partial charge in [0.05, 0.1) is 0 Å². The maximum absolute atomic E-state index is 12.5. The van der Waals surface area contributed by atoms with E-state index in [1.165, 1.54) is 12.5 Å². The minimum Gasteiger partial charge on any atom is -0.327 e. The molecule has 1 aromatic heterocycles. The molecule has 106 valence electrons. The molecule has 0 spiro atoms. The quantitative estimate of drug-likeness (QED) is 0.907. The van der Waals surface area contributed by atoms with Crippen LogP contribution in [0.15, 0.2) is 12.1 Å². The van der Waals surface area contributed by atoms with E-state index in [0.29, 0.717) is 18.4 Å². The number of nitrogens with zero attached hydrogens (tertiary/aromatic N) is 1. The van der Waals surface area contributed by atoms with Crippen molar-refractivity contribution in [3.63, 3.8) is 0 Å². The molecule has 19 heavy (non-hydrogen) atoms. The first kappa shape index (κ1) is 13.4. The molecule has 0 aromatic carbocycles. The highest BCUT2D eigenvalue weighted by Gasteiger charge is 2.41. The molecule has 3 rings (SSSR count). The Hall–Kier alpha value is -0.590. The fourth-order valence-corrected chi connectivity index (χ4v) is 4.28. The molecule has 1 aliphatic carbocycles. The summed E-state index contributed by atoms with van der Waals surface area (Å²) in [7, 11) is 0. The van der Waals surface area contributed by atoms with Crippen molar-refractivity contribution in [2.24, 2.45) is 17.6 Å². The van der Waals surface area contributed by atoms with Gasteiger partial charge in [-0.3, -0.25) is 4.90 Å². The number of hydrogen-bond acceptors (Lipinski definition) is 3. The van der Waals surface area contributed by atoms with Crippen molar-refractivity contribution in [1.82, 2.24) is 4.90 Å². The molecule has 1 aliphatic heterocycles. The molecule has 0 amide bonds. The Labute approximate surface area is 114 Å². The average Bonchev–Trinajstić information content (AvgIpc) is 2.97. The molecular weight excluding hydrogens is 273 g/mol. The van der Waals surface area contributed by atoms with Crippen LogP contribution < -0.4 is 5.73 Å². The van der Waals surface area contributed by atoms with Gasteiger partial charge in [-0.2, -0.15) is 13.2 Å². The lowest BCUT2D eigenvalue weighted by atomic mass is 9.98. The van der Waals surface area contributed by atoms with Crippen LogP contribution in [0.5, 0.6) is 0 Å². The van der Waals surface area contributed by atoms with Crippen LogP contribution in [0.2, 0.25) is 0 Å². The lowest BCUT2D eigenvalue weighted by molar-refractivity contribution is -0.134. The number of halogens is 3. The van der Waals surface area contributed by atoms with Gasteiger partial charge in [0.25, 0.3) is 0 Å². The van der Waals surface area contributed by atoms with Gasteiger partial charge >= 0.3 is 6.18 Å². The van der Waals surface area contributed by atoms with E-state index in [1.807, 2.05) is 0 Å². The Morgan fingerprint density at radius 2 is 2.05 bits per heavy atom. The molecule has 6 heteroatoms. The maximum Gasteiger partial charge on any atom is 0.425 e. The van der Waals surface area contributed by atoms with Crippen LogP contribution in [0.1, 0.15) is 22.6 Å². The van der Waals surface area contributed by atoms with E-state index < -0.39 is 11.1 Å². The number of thiophene rings is 1. The van der Waals surface area contributed by atoms with E-state index in [0.717, 1.165) is 35.7 Å². The summed E-state index contributed by atoms with van der Waals surface area (Å²) in [6.07, 6.45) is -1.95. The molecule has 2 N–H and O–H groups in total.